The molecule has 0 spiro atoms. The molecule has 8 nitrogen and oxygen atoms in total. The van der Waals surface area contributed by atoms with E-state index in [2.05, 4.69) is 20.3 Å². The molecule has 1 aromatic carbocycles. The van der Waals surface area contributed by atoms with Crippen molar-refractivity contribution in [3.05, 3.63) is 18.2 Å². The van der Waals surface area contributed by atoms with E-state index in [1.54, 1.807) is 12.1 Å². The largest absolute Gasteiger partial charge is 0.468 e. The lowest BCUT2D eigenvalue weighted by Gasteiger charge is -2.04. The Bertz CT molecular complexity index is 645. The number of esters is 1. The molecule has 104 valence electrons. The Morgan fingerprint density at radius 1 is 1.45 bits per heavy atom. The van der Waals surface area contributed by atoms with Crippen LogP contribution in [-0.2, 0) is 9.53 Å². The zero-order chi connectivity index (χ0) is 13.9. The summed E-state index contributed by atoms with van der Waals surface area (Å²) in [6.07, 6.45) is 0. The summed E-state index contributed by atoms with van der Waals surface area (Å²) in [5, 5.41) is 11.9. The minimum Gasteiger partial charge on any atom is -0.468 e. The Hall–Kier alpha value is -2.29. The van der Waals surface area contributed by atoms with E-state index in [0.717, 1.165) is 5.69 Å². The normalized spacial score (nSPS) is 12.4. The molecule has 1 aromatic heterocycles. The Labute approximate surface area is 118 Å². The molecule has 0 N–H and O–H groups in total. The van der Waals surface area contributed by atoms with Crippen LogP contribution in [0, 0.1) is 0 Å². The third-order valence-corrected chi connectivity index (χ3v) is 3.48. The maximum absolute atomic E-state index is 11.2. The second-order valence-corrected chi connectivity index (χ2v) is 4.72. The highest BCUT2D eigenvalue weighted by molar-refractivity contribution is 7.99. The number of hydrogen-bond donors (Lipinski definition) is 0. The van der Waals surface area contributed by atoms with Crippen molar-refractivity contribution in [1.29, 1.82) is 0 Å². The monoisotopic (exact) mass is 294 g/mol. The topological polar surface area (TPSA) is 88.4 Å². The van der Waals surface area contributed by atoms with Gasteiger partial charge in [-0.3, -0.25) is 4.79 Å². The lowest BCUT2D eigenvalue weighted by atomic mass is 10.3. The fourth-order valence-corrected chi connectivity index (χ4v) is 2.35. The summed E-state index contributed by atoms with van der Waals surface area (Å²) in [4.78, 5) is 11.2. The van der Waals surface area contributed by atoms with Crippen LogP contribution in [0.15, 0.2) is 23.4 Å². The SMILES string of the molecule is COC(=O)CSc1nnnn1-c1ccc2c(c1)OCO2. The molecule has 0 unspecified atom stereocenters. The summed E-state index contributed by atoms with van der Waals surface area (Å²) in [5.74, 6) is 1.13. The van der Waals surface area contributed by atoms with E-state index >= 15 is 0 Å². The Morgan fingerprint density at radius 2 is 2.30 bits per heavy atom. The van der Waals surface area contributed by atoms with Gasteiger partial charge in [0.15, 0.2) is 11.5 Å². The molecule has 0 fully saturated rings. The zero-order valence-corrected chi connectivity index (χ0v) is 11.3. The predicted molar refractivity (Wildman–Crippen MR) is 68.0 cm³/mol. The number of rotatable bonds is 4. The van der Waals surface area contributed by atoms with Gasteiger partial charge in [0.2, 0.25) is 11.9 Å². The highest BCUT2D eigenvalue weighted by atomic mass is 32.2. The van der Waals surface area contributed by atoms with E-state index < -0.39 is 0 Å². The van der Waals surface area contributed by atoms with Gasteiger partial charge in [-0.15, -0.1) is 5.10 Å². The quantitative estimate of drug-likeness (QED) is 0.600. The van der Waals surface area contributed by atoms with E-state index in [9.17, 15) is 4.79 Å². The standard InChI is InChI=1S/C11H10N4O4S/c1-17-10(16)5-20-11-12-13-14-15(11)7-2-3-8-9(4-7)19-6-18-8/h2-4H,5-6H2,1H3. The number of nitrogens with zero attached hydrogens (tertiary/aromatic N) is 4. The second kappa shape index (κ2) is 5.37. The number of fused-ring (bicyclic) bond motifs is 1. The van der Waals surface area contributed by atoms with Gasteiger partial charge < -0.3 is 14.2 Å². The molecule has 20 heavy (non-hydrogen) atoms. The molecule has 3 rings (SSSR count). The van der Waals surface area contributed by atoms with Gasteiger partial charge in [0.1, 0.15) is 0 Å². The van der Waals surface area contributed by atoms with Crippen LogP contribution < -0.4 is 9.47 Å². The van der Waals surface area contributed by atoms with Gasteiger partial charge in [-0.2, -0.15) is 4.68 Å². The fourth-order valence-electron chi connectivity index (χ4n) is 1.63. The average molecular weight is 294 g/mol. The van der Waals surface area contributed by atoms with Crippen LogP contribution in [0.4, 0.5) is 0 Å². The van der Waals surface area contributed by atoms with Crippen molar-refractivity contribution < 1.29 is 19.0 Å². The zero-order valence-electron chi connectivity index (χ0n) is 10.5. The van der Waals surface area contributed by atoms with E-state index in [-0.39, 0.29) is 18.5 Å². The molecule has 0 amide bonds. The lowest BCUT2D eigenvalue weighted by molar-refractivity contribution is -0.137. The van der Waals surface area contributed by atoms with Crippen LogP contribution >= 0.6 is 11.8 Å². The molecule has 0 saturated heterocycles. The molecule has 2 heterocycles. The summed E-state index contributed by atoms with van der Waals surface area (Å²) in [5.41, 5.74) is 0.728. The van der Waals surface area contributed by atoms with Crippen LogP contribution in [-0.4, -0.2) is 45.8 Å². The maximum atomic E-state index is 11.2. The molecule has 0 aliphatic carbocycles. The van der Waals surface area contributed by atoms with Gasteiger partial charge >= 0.3 is 5.97 Å². The summed E-state index contributed by atoms with van der Waals surface area (Å²) < 4.78 is 16.7. The van der Waals surface area contributed by atoms with Crippen LogP contribution in [0.3, 0.4) is 0 Å². The Balaban J connectivity index is 1.84. The van der Waals surface area contributed by atoms with Crippen molar-refractivity contribution in [3.8, 4) is 17.2 Å². The Morgan fingerprint density at radius 3 is 3.15 bits per heavy atom. The molecule has 0 atom stereocenters. The molecule has 1 aliphatic rings. The number of tetrazole rings is 1. The molecule has 0 bridgehead atoms. The van der Waals surface area contributed by atoms with E-state index in [0.29, 0.717) is 16.7 Å². The maximum Gasteiger partial charge on any atom is 0.316 e. The molecule has 9 heteroatoms. The van der Waals surface area contributed by atoms with E-state index in [1.165, 1.54) is 23.6 Å². The van der Waals surface area contributed by atoms with Crippen molar-refractivity contribution in [1.82, 2.24) is 20.2 Å². The third-order valence-electron chi connectivity index (χ3n) is 2.59. The van der Waals surface area contributed by atoms with Gasteiger partial charge in [-0.1, -0.05) is 11.8 Å². The predicted octanol–water partition coefficient (Wildman–Crippen LogP) is 0.656. The summed E-state index contributed by atoms with van der Waals surface area (Å²) in [6.45, 7) is 0.207. The van der Waals surface area contributed by atoms with E-state index in [1.807, 2.05) is 6.07 Å². The number of ether oxygens (including phenoxy) is 3. The first-order valence-corrected chi connectivity index (χ1v) is 6.64. The number of carbonyl (C=O) groups excluding carboxylic acids is 1. The Kier molecular flexibility index (Phi) is 3.42. The number of hydrogen-bond acceptors (Lipinski definition) is 8. The first-order chi connectivity index (χ1) is 9.78. The molecule has 0 saturated carbocycles. The second-order valence-electron chi connectivity index (χ2n) is 3.78. The summed E-state index contributed by atoms with van der Waals surface area (Å²) in [6, 6.07) is 5.38. The van der Waals surface area contributed by atoms with Crippen molar-refractivity contribution in [3.63, 3.8) is 0 Å². The summed E-state index contributed by atoms with van der Waals surface area (Å²) in [7, 11) is 1.34. The lowest BCUT2D eigenvalue weighted by Crippen LogP contribution is -2.05. The van der Waals surface area contributed by atoms with Gasteiger partial charge in [-0.05, 0) is 22.6 Å². The minimum atomic E-state index is -0.338. The fraction of sp³-hybridized carbons (Fsp3) is 0.273. The molecule has 1 aliphatic heterocycles. The van der Waals surface area contributed by atoms with Crippen LogP contribution in [0.5, 0.6) is 11.5 Å². The van der Waals surface area contributed by atoms with Crippen molar-refractivity contribution in [2.45, 2.75) is 5.16 Å². The van der Waals surface area contributed by atoms with Crippen molar-refractivity contribution in [2.75, 3.05) is 19.7 Å². The van der Waals surface area contributed by atoms with Crippen LogP contribution in [0.2, 0.25) is 0 Å². The van der Waals surface area contributed by atoms with Crippen molar-refractivity contribution in [2.24, 2.45) is 0 Å². The average Bonchev–Trinajstić information content (AvgIpc) is 3.12. The first kappa shape index (κ1) is 12.7. The van der Waals surface area contributed by atoms with Crippen molar-refractivity contribution >= 4 is 17.7 Å². The minimum absolute atomic E-state index is 0.140. The molecular formula is C11H10N4O4S. The summed E-state index contributed by atoms with van der Waals surface area (Å²) >= 11 is 1.19. The smallest absolute Gasteiger partial charge is 0.316 e. The number of carbonyl (C=O) groups is 1. The van der Waals surface area contributed by atoms with Gasteiger partial charge in [0.05, 0.1) is 18.6 Å². The van der Waals surface area contributed by atoms with Gasteiger partial charge in [0, 0.05) is 6.07 Å². The van der Waals surface area contributed by atoms with Gasteiger partial charge in [0.25, 0.3) is 0 Å². The number of thioether (sulfide) groups is 1. The highest BCUT2D eigenvalue weighted by Crippen LogP contribution is 2.34. The number of aromatic nitrogens is 4. The van der Waals surface area contributed by atoms with Gasteiger partial charge in [-0.25, -0.2) is 0 Å². The van der Waals surface area contributed by atoms with E-state index in [4.69, 9.17) is 9.47 Å². The van der Waals surface area contributed by atoms with Crippen LogP contribution in [0.1, 0.15) is 0 Å². The molecule has 2 aromatic rings. The first-order valence-electron chi connectivity index (χ1n) is 5.66. The van der Waals surface area contributed by atoms with Crippen LogP contribution in [0.25, 0.3) is 5.69 Å². The molecular weight excluding hydrogens is 284 g/mol. The molecule has 0 radical (unpaired) electrons. The highest BCUT2D eigenvalue weighted by Gasteiger charge is 2.17. The number of methoxy groups -OCH3 is 1. The number of benzene rings is 1. The third kappa shape index (κ3) is 2.39.